The van der Waals surface area contributed by atoms with Crippen LogP contribution in [0.3, 0.4) is 0 Å². The molecule has 20 heavy (non-hydrogen) atoms. The number of rotatable bonds is 5. The van der Waals surface area contributed by atoms with E-state index in [1.165, 1.54) is 71.4 Å². The second-order valence-corrected chi connectivity index (χ2v) is 7.40. The quantitative estimate of drug-likeness (QED) is 0.835. The second-order valence-electron chi connectivity index (χ2n) is 7.40. The first-order valence-corrected chi connectivity index (χ1v) is 8.75. The van der Waals surface area contributed by atoms with E-state index in [0.717, 1.165) is 12.5 Å². The van der Waals surface area contributed by atoms with E-state index in [2.05, 4.69) is 36.0 Å². The largest absolute Gasteiger partial charge is 0.316 e. The number of nitrogens with zero attached hydrogens (tertiary/aromatic N) is 2. The van der Waals surface area contributed by atoms with Crippen LogP contribution in [0.2, 0.25) is 0 Å². The molecule has 1 aliphatic carbocycles. The smallest absolute Gasteiger partial charge is 0.0109 e. The molecular weight excluding hydrogens is 246 g/mol. The summed E-state index contributed by atoms with van der Waals surface area (Å²) in [7, 11) is 2.26. The summed E-state index contributed by atoms with van der Waals surface area (Å²) in [4.78, 5) is 5.23. The molecule has 1 saturated heterocycles. The van der Waals surface area contributed by atoms with Crippen molar-refractivity contribution in [3.63, 3.8) is 0 Å². The van der Waals surface area contributed by atoms with Crippen LogP contribution in [0.1, 0.15) is 46.0 Å². The molecule has 2 fully saturated rings. The van der Waals surface area contributed by atoms with E-state index in [0.29, 0.717) is 5.41 Å². The van der Waals surface area contributed by atoms with Crippen molar-refractivity contribution < 1.29 is 0 Å². The van der Waals surface area contributed by atoms with Crippen molar-refractivity contribution in [2.75, 3.05) is 52.9 Å². The average molecular weight is 281 g/mol. The van der Waals surface area contributed by atoms with Gasteiger partial charge in [0.05, 0.1) is 0 Å². The third-order valence-corrected chi connectivity index (χ3v) is 5.46. The zero-order valence-electron chi connectivity index (χ0n) is 14.0. The Morgan fingerprint density at radius 1 is 1.10 bits per heavy atom. The molecule has 118 valence electrons. The van der Waals surface area contributed by atoms with E-state index >= 15 is 0 Å². The van der Waals surface area contributed by atoms with Gasteiger partial charge in [0.2, 0.25) is 0 Å². The first kappa shape index (κ1) is 16.3. The predicted molar refractivity (Wildman–Crippen MR) is 87.2 cm³/mol. The van der Waals surface area contributed by atoms with Gasteiger partial charge in [0.25, 0.3) is 0 Å². The number of hydrogen-bond acceptors (Lipinski definition) is 3. The van der Waals surface area contributed by atoms with E-state index in [4.69, 9.17) is 0 Å². The van der Waals surface area contributed by atoms with Crippen LogP contribution in [0, 0.1) is 11.3 Å². The van der Waals surface area contributed by atoms with Gasteiger partial charge in [-0.3, -0.25) is 0 Å². The molecule has 1 N–H and O–H groups in total. The predicted octanol–water partition coefficient (Wildman–Crippen LogP) is 2.43. The molecule has 0 spiro atoms. The van der Waals surface area contributed by atoms with E-state index in [9.17, 15) is 0 Å². The summed E-state index contributed by atoms with van der Waals surface area (Å²) in [5.41, 5.74) is 0.547. The number of hydrogen-bond donors (Lipinski definition) is 1. The normalized spacial score (nSPS) is 34.0. The third-order valence-electron chi connectivity index (χ3n) is 5.46. The van der Waals surface area contributed by atoms with Gasteiger partial charge in [0.1, 0.15) is 0 Å². The van der Waals surface area contributed by atoms with Gasteiger partial charge in [-0.1, -0.05) is 26.7 Å². The Morgan fingerprint density at radius 2 is 1.85 bits per heavy atom. The molecule has 2 aliphatic rings. The highest BCUT2D eigenvalue weighted by Crippen LogP contribution is 2.39. The van der Waals surface area contributed by atoms with E-state index < -0.39 is 0 Å². The van der Waals surface area contributed by atoms with Crippen LogP contribution in [0.4, 0.5) is 0 Å². The fourth-order valence-electron chi connectivity index (χ4n) is 3.89. The molecule has 0 radical (unpaired) electrons. The molecule has 3 heteroatoms. The zero-order valence-corrected chi connectivity index (χ0v) is 14.0. The van der Waals surface area contributed by atoms with Gasteiger partial charge < -0.3 is 15.1 Å². The SMILES string of the molecule is CCNCC1(CN2CCCN(C)CC2)CCC(C)CC1. The van der Waals surface area contributed by atoms with Gasteiger partial charge in [-0.2, -0.15) is 0 Å². The Kier molecular flexibility index (Phi) is 6.31. The van der Waals surface area contributed by atoms with Gasteiger partial charge in [0, 0.05) is 26.2 Å². The molecule has 0 bridgehead atoms. The molecule has 0 aromatic carbocycles. The van der Waals surface area contributed by atoms with E-state index in [-0.39, 0.29) is 0 Å². The summed E-state index contributed by atoms with van der Waals surface area (Å²) >= 11 is 0. The Balaban J connectivity index is 1.92. The standard InChI is InChI=1S/C17H35N3/c1-4-18-14-17(8-6-16(2)7-9-17)15-20-11-5-10-19(3)12-13-20/h16,18H,4-15H2,1-3H3. The average Bonchev–Trinajstić information content (AvgIpc) is 2.65. The number of likely N-dealkylation sites (N-methyl/N-ethyl adjacent to an activating group) is 1. The molecule has 3 nitrogen and oxygen atoms in total. The van der Waals surface area contributed by atoms with Crippen molar-refractivity contribution in [1.29, 1.82) is 0 Å². The van der Waals surface area contributed by atoms with Crippen molar-refractivity contribution >= 4 is 0 Å². The molecule has 0 aromatic heterocycles. The lowest BCUT2D eigenvalue weighted by Gasteiger charge is -2.43. The fraction of sp³-hybridized carbons (Fsp3) is 1.00. The van der Waals surface area contributed by atoms with Crippen LogP contribution in [0.5, 0.6) is 0 Å². The lowest BCUT2D eigenvalue weighted by Crippen LogP contribution is -2.47. The van der Waals surface area contributed by atoms with Crippen LogP contribution in [-0.2, 0) is 0 Å². The van der Waals surface area contributed by atoms with Crippen molar-refractivity contribution in [3.8, 4) is 0 Å². The minimum absolute atomic E-state index is 0.547. The third kappa shape index (κ3) is 4.71. The zero-order chi connectivity index (χ0) is 14.4. The molecular formula is C17H35N3. The molecule has 1 aliphatic heterocycles. The Labute approximate surface area is 126 Å². The molecule has 0 amide bonds. The summed E-state index contributed by atoms with van der Waals surface area (Å²) in [6.45, 7) is 13.4. The fourth-order valence-corrected chi connectivity index (χ4v) is 3.89. The van der Waals surface area contributed by atoms with Gasteiger partial charge in [0.15, 0.2) is 0 Å². The maximum Gasteiger partial charge on any atom is 0.0109 e. The Bertz CT molecular complexity index is 266. The molecule has 1 heterocycles. The molecule has 0 aromatic rings. The number of nitrogens with one attached hydrogen (secondary N) is 1. The summed E-state index contributed by atoms with van der Waals surface area (Å²) in [5, 5.41) is 3.65. The van der Waals surface area contributed by atoms with Crippen LogP contribution < -0.4 is 5.32 Å². The highest BCUT2D eigenvalue weighted by molar-refractivity contribution is 4.90. The minimum Gasteiger partial charge on any atom is -0.316 e. The summed E-state index contributed by atoms with van der Waals surface area (Å²) in [5.74, 6) is 0.944. The molecule has 0 atom stereocenters. The van der Waals surface area contributed by atoms with Crippen molar-refractivity contribution in [1.82, 2.24) is 15.1 Å². The summed E-state index contributed by atoms with van der Waals surface area (Å²) in [6, 6.07) is 0. The van der Waals surface area contributed by atoms with Crippen LogP contribution in [-0.4, -0.2) is 62.7 Å². The highest BCUT2D eigenvalue weighted by Gasteiger charge is 2.35. The highest BCUT2D eigenvalue weighted by atomic mass is 15.2. The minimum atomic E-state index is 0.547. The lowest BCUT2D eigenvalue weighted by atomic mass is 9.70. The van der Waals surface area contributed by atoms with Crippen LogP contribution in [0.15, 0.2) is 0 Å². The van der Waals surface area contributed by atoms with Gasteiger partial charge >= 0.3 is 0 Å². The second kappa shape index (κ2) is 7.77. The Morgan fingerprint density at radius 3 is 2.55 bits per heavy atom. The first-order valence-electron chi connectivity index (χ1n) is 8.75. The van der Waals surface area contributed by atoms with Gasteiger partial charge in [-0.15, -0.1) is 0 Å². The summed E-state index contributed by atoms with van der Waals surface area (Å²) in [6.07, 6.45) is 7.05. The molecule has 1 saturated carbocycles. The molecule has 0 unspecified atom stereocenters. The van der Waals surface area contributed by atoms with E-state index in [1.807, 2.05) is 0 Å². The van der Waals surface area contributed by atoms with Crippen molar-refractivity contribution in [3.05, 3.63) is 0 Å². The monoisotopic (exact) mass is 281 g/mol. The summed E-state index contributed by atoms with van der Waals surface area (Å²) < 4.78 is 0. The van der Waals surface area contributed by atoms with Gasteiger partial charge in [-0.25, -0.2) is 0 Å². The lowest BCUT2D eigenvalue weighted by molar-refractivity contribution is 0.0888. The maximum atomic E-state index is 3.65. The van der Waals surface area contributed by atoms with E-state index in [1.54, 1.807) is 0 Å². The first-order chi connectivity index (χ1) is 9.63. The van der Waals surface area contributed by atoms with Crippen molar-refractivity contribution in [2.45, 2.75) is 46.0 Å². The van der Waals surface area contributed by atoms with Crippen LogP contribution in [0.25, 0.3) is 0 Å². The van der Waals surface area contributed by atoms with Crippen molar-refractivity contribution in [2.24, 2.45) is 11.3 Å². The topological polar surface area (TPSA) is 18.5 Å². The van der Waals surface area contributed by atoms with Crippen LogP contribution >= 0.6 is 0 Å². The maximum absolute atomic E-state index is 3.65. The van der Waals surface area contributed by atoms with Gasteiger partial charge in [-0.05, 0) is 57.3 Å². The molecule has 2 rings (SSSR count). The Hall–Kier alpha value is -0.120.